The van der Waals surface area contributed by atoms with Gasteiger partial charge in [-0.2, -0.15) is 18.2 Å². The van der Waals surface area contributed by atoms with Gasteiger partial charge in [0.25, 0.3) is 0 Å². The highest BCUT2D eigenvalue weighted by atomic mass is 32.2. The Balaban J connectivity index is 0.845. The van der Waals surface area contributed by atoms with Crippen LogP contribution in [0.4, 0.5) is 45.1 Å². The van der Waals surface area contributed by atoms with Crippen LogP contribution in [0.3, 0.4) is 0 Å². The molecule has 4 aliphatic heterocycles. The zero-order chi connectivity index (χ0) is 45.0. The van der Waals surface area contributed by atoms with Crippen molar-refractivity contribution in [2.45, 2.75) is 86.8 Å². The van der Waals surface area contributed by atoms with Crippen LogP contribution in [0.25, 0.3) is 11.0 Å². The van der Waals surface area contributed by atoms with Gasteiger partial charge < -0.3 is 25.1 Å². The number of hydrogen-bond acceptors (Lipinski definition) is 12. The van der Waals surface area contributed by atoms with E-state index >= 15 is 8.78 Å². The topological polar surface area (TPSA) is 187 Å². The van der Waals surface area contributed by atoms with Crippen LogP contribution in [0.2, 0.25) is 0 Å². The zero-order valence-corrected chi connectivity index (χ0v) is 35.5. The molecule has 2 aromatic heterocycles. The van der Waals surface area contributed by atoms with Gasteiger partial charge in [-0.25, -0.2) is 31.7 Å². The number of imide groups is 1. The molecule has 4 aliphatic rings. The number of carbonyl (C=O) groups excluding carboxylic acids is 2. The summed E-state index contributed by atoms with van der Waals surface area (Å²) >= 11 is 0. The molecule has 4 fully saturated rings. The predicted molar refractivity (Wildman–Crippen MR) is 222 cm³/mol. The molecule has 63 heavy (non-hydrogen) atoms. The minimum absolute atomic E-state index is 0.00354. The molecule has 0 spiro atoms. The van der Waals surface area contributed by atoms with E-state index in [-0.39, 0.29) is 68.0 Å². The lowest BCUT2D eigenvalue weighted by Crippen LogP contribution is -2.53. The van der Waals surface area contributed by atoms with Gasteiger partial charge >= 0.3 is 11.9 Å². The highest BCUT2D eigenvalue weighted by molar-refractivity contribution is 7.89. The number of imidazole rings is 1. The molecule has 4 atom stereocenters. The number of nitrogens with one attached hydrogen (secondary N) is 3. The lowest BCUT2D eigenvalue weighted by Gasteiger charge is -2.39. The summed E-state index contributed by atoms with van der Waals surface area (Å²) in [4.78, 5) is 50.2. The van der Waals surface area contributed by atoms with E-state index in [1.54, 1.807) is 7.05 Å². The lowest BCUT2D eigenvalue weighted by molar-refractivity contribution is -0.138. The number of rotatable bonds is 10. The van der Waals surface area contributed by atoms with Crippen LogP contribution in [0.5, 0.6) is 0 Å². The Labute approximate surface area is 359 Å². The summed E-state index contributed by atoms with van der Waals surface area (Å²) in [7, 11) is -2.73. The molecule has 0 radical (unpaired) electrons. The van der Waals surface area contributed by atoms with Crippen LogP contribution in [0.1, 0.15) is 63.5 Å². The van der Waals surface area contributed by atoms with Crippen LogP contribution >= 0.6 is 0 Å². The van der Waals surface area contributed by atoms with Gasteiger partial charge in [-0.3, -0.25) is 24.0 Å². The molecule has 2 aromatic carbocycles. The fourth-order valence-electron chi connectivity index (χ4n) is 9.21. The Morgan fingerprint density at radius 3 is 2.43 bits per heavy atom. The first-order chi connectivity index (χ1) is 29.8. The first kappa shape index (κ1) is 44.4. The van der Waals surface area contributed by atoms with Gasteiger partial charge in [0.05, 0.1) is 33.3 Å². The molecule has 0 aliphatic carbocycles. The lowest BCUT2D eigenvalue weighted by atomic mass is 9.94. The Hall–Kier alpha value is -5.19. The number of halogens is 5. The van der Waals surface area contributed by atoms with E-state index in [4.69, 9.17) is 0 Å². The van der Waals surface area contributed by atoms with E-state index in [9.17, 15) is 41.1 Å². The number of aryl methyl sites for hydroxylation is 1. The number of piperidine rings is 4. The van der Waals surface area contributed by atoms with Crippen molar-refractivity contribution in [2.75, 3.05) is 60.9 Å². The number of amides is 2. The van der Waals surface area contributed by atoms with E-state index in [1.807, 2.05) is 23.1 Å². The van der Waals surface area contributed by atoms with Gasteiger partial charge in [0.1, 0.15) is 29.4 Å². The number of benzene rings is 2. The number of sulfonamides is 1. The maximum absolute atomic E-state index is 15.6. The third-order valence-electron chi connectivity index (χ3n) is 12.6. The van der Waals surface area contributed by atoms with Crippen molar-refractivity contribution in [3.8, 4) is 0 Å². The van der Waals surface area contributed by atoms with E-state index < -0.39 is 68.1 Å². The zero-order valence-electron chi connectivity index (χ0n) is 34.7. The van der Waals surface area contributed by atoms with Crippen LogP contribution in [-0.2, 0) is 32.8 Å². The average Bonchev–Trinajstić information content (AvgIpc) is 3.47. The third-order valence-corrected chi connectivity index (χ3v) is 14.1. The first-order valence-corrected chi connectivity index (χ1v) is 22.4. The number of β-amino-alcohol motifs (C(OH)–C–C–N with tert-alkyl or cyclic N) is 1. The average molecular weight is 905 g/mol. The van der Waals surface area contributed by atoms with Gasteiger partial charge in [-0.05, 0) is 94.3 Å². The quantitative estimate of drug-likeness (QED) is 0.133. The molecule has 340 valence electrons. The molecule has 1 unspecified atom stereocenters. The van der Waals surface area contributed by atoms with Crippen LogP contribution in [-0.4, -0.2) is 113 Å². The van der Waals surface area contributed by atoms with Crippen molar-refractivity contribution in [1.29, 1.82) is 0 Å². The maximum atomic E-state index is 15.6. The van der Waals surface area contributed by atoms with Gasteiger partial charge in [0.2, 0.25) is 27.8 Å². The molecule has 8 rings (SSSR count). The van der Waals surface area contributed by atoms with Crippen molar-refractivity contribution >= 4 is 56.0 Å². The standard InChI is InChI=1S/C41H49F5N10O6S/c1-40(60)13-3-14-55(23-40)36-27(41(44,45)46)20-47-38(50-36)48-30-6-5-26(19-28(30)42)63(61,62)51-31-12-15-53(22-29(31)43)21-24-10-16-54(17-11-24)25-4-7-32-34(18-25)52(2)39(59)56(32)33-8-9-35(57)49-37(33)58/h4-7,18-20,24,29,31,33,51,60H,3,8-17,21-23H2,1-2H3,(H,47,48,50)(H,49,57,58)/t29-,31+,33?,40-/m0/s1. The Kier molecular flexibility index (Phi) is 12.0. The van der Waals surface area contributed by atoms with Crippen molar-refractivity contribution in [1.82, 2.24) is 34.0 Å². The number of carbonyl (C=O) groups is 2. The van der Waals surface area contributed by atoms with Crippen molar-refractivity contribution in [3.05, 3.63) is 64.5 Å². The van der Waals surface area contributed by atoms with Gasteiger partial charge in [-0.15, -0.1) is 0 Å². The molecule has 0 saturated carbocycles. The van der Waals surface area contributed by atoms with Crippen LogP contribution in [0.15, 0.2) is 52.3 Å². The summed E-state index contributed by atoms with van der Waals surface area (Å²) < 4.78 is 105. The van der Waals surface area contributed by atoms with Crippen molar-refractivity contribution < 1.29 is 45.1 Å². The number of anilines is 4. The number of fused-ring (bicyclic) bond motifs is 1. The van der Waals surface area contributed by atoms with E-state index in [1.165, 1.54) is 21.0 Å². The van der Waals surface area contributed by atoms with Gasteiger partial charge in [0.15, 0.2) is 0 Å². The molecular weight excluding hydrogens is 856 g/mol. The molecule has 4 N–H and O–H groups in total. The number of alkyl halides is 4. The SMILES string of the molecule is Cn1c(=O)n(C2CCC(=O)NC2=O)c2ccc(N3CCC(CN4CC[C@@H](NS(=O)(=O)c5ccc(Nc6ncc(C(F)(F)F)c(N7CCC[C@](C)(O)C7)n6)c(F)c5)[C@@H](F)C4)CC3)cc21. The monoisotopic (exact) mass is 904 g/mol. The minimum atomic E-state index is -4.80. The normalized spacial score (nSPS) is 24.5. The summed E-state index contributed by atoms with van der Waals surface area (Å²) in [5.74, 6) is -2.50. The largest absolute Gasteiger partial charge is 0.421 e. The highest BCUT2D eigenvalue weighted by Gasteiger charge is 2.40. The smallest absolute Gasteiger partial charge is 0.388 e. The molecule has 22 heteroatoms. The van der Waals surface area contributed by atoms with Crippen LogP contribution in [0, 0.1) is 11.7 Å². The Morgan fingerprint density at radius 2 is 1.75 bits per heavy atom. The Morgan fingerprint density at radius 1 is 0.984 bits per heavy atom. The van der Waals surface area contributed by atoms with E-state index in [0.29, 0.717) is 43.2 Å². The highest BCUT2D eigenvalue weighted by Crippen LogP contribution is 2.38. The molecule has 6 heterocycles. The third kappa shape index (κ3) is 9.39. The van der Waals surface area contributed by atoms with Crippen molar-refractivity contribution in [2.24, 2.45) is 13.0 Å². The second kappa shape index (κ2) is 17.1. The molecule has 0 bridgehead atoms. The second-order valence-corrected chi connectivity index (χ2v) is 19.0. The molecule has 4 aromatic rings. The summed E-state index contributed by atoms with van der Waals surface area (Å²) in [6, 6.07) is 6.74. The molecule has 4 saturated heterocycles. The predicted octanol–water partition coefficient (Wildman–Crippen LogP) is 3.97. The van der Waals surface area contributed by atoms with Crippen molar-refractivity contribution in [3.63, 3.8) is 0 Å². The molecule has 16 nitrogen and oxygen atoms in total. The Bertz CT molecular complexity index is 2580. The summed E-state index contributed by atoms with van der Waals surface area (Å²) in [6.07, 6.45) is -2.75. The molecule has 2 amide bonds. The summed E-state index contributed by atoms with van der Waals surface area (Å²) in [5.41, 5.74) is -0.816. The fourth-order valence-corrected chi connectivity index (χ4v) is 10.5. The first-order valence-electron chi connectivity index (χ1n) is 20.9. The number of nitrogens with zero attached hydrogens (tertiary/aromatic N) is 7. The van der Waals surface area contributed by atoms with Gasteiger partial charge in [-0.1, -0.05) is 0 Å². The van der Waals surface area contributed by atoms with Crippen LogP contribution < -0.4 is 30.8 Å². The fraction of sp³-hybridized carbons (Fsp3) is 0.537. The second-order valence-electron chi connectivity index (χ2n) is 17.3. The number of hydrogen-bond donors (Lipinski definition) is 4. The van der Waals surface area contributed by atoms with Gasteiger partial charge in [0, 0.05) is 64.6 Å². The van der Waals surface area contributed by atoms with E-state index in [0.717, 1.165) is 49.8 Å². The summed E-state index contributed by atoms with van der Waals surface area (Å²) in [5, 5.41) is 15.3. The number of likely N-dealkylation sites (tertiary alicyclic amines) is 1. The summed E-state index contributed by atoms with van der Waals surface area (Å²) in [6.45, 7) is 4.11. The number of aliphatic hydroxyl groups is 1. The molecular formula is C41H49F5N10O6S. The van der Waals surface area contributed by atoms with E-state index in [2.05, 4.69) is 30.2 Å². The maximum Gasteiger partial charge on any atom is 0.421 e. The minimum Gasteiger partial charge on any atom is -0.388 e. The number of aromatic nitrogens is 4.